The molecule has 3 aromatic rings. The number of carbonyl (C=O) groups excluding carboxylic acids is 1. The number of nitrogens with one attached hydrogen (secondary N) is 1. The van der Waals surface area contributed by atoms with Crippen molar-refractivity contribution < 1.29 is 14.3 Å². The quantitative estimate of drug-likeness (QED) is 0.667. The molecule has 7 nitrogen and oxygen atoms in total. The minimum Gasteiger partial charge on any atom is -0.354 e. The molecule has 0 aliphatic carbocycles. The zero-order valence-corrected chi connectivity index (χ0v) is 16.0. The van der Waals surface area contributed by atoms with Crippen LogP contribution < -0.4 is 0 Å². The highest BCUT2D eigenvalue weighted by molar-refractivity contribution is 6.00. The van der Waals surface area contributed by atoms with Gasteiger partial charge < -0.3 is 14.4 Å². The Morgan fingerprint density at radius 2 is 1.89 bits per heavy atom. The first-order valence-electron chi connectivity index (χ1n) is 9.06. The van der Waals surface area contributed by atoms with Crippen molar-refractivity contribution >= 4 is 5.91 Å². The normalized spacial score (nSPS) is 16.1. The van der Waals surface area contributed by atoms with E-state index in [1.54, 1.807) is 25.3 Å². The van der Waals surface area contributed by atoms with Crippen LogP contribution in [0.25, 0.3) is 11.3 Å². The van der Waals surface area contributed by atoms with Crippen LogP contribution in [0.5, 0.6) is 0 Å². The Bertz CT molecular complexity index is 965. The van der Waals surface area contributed by atoms with Crippen molar-refractivity contribution in [3.05, 3.63) is 71.2 Å². The van der Waals surface area contributed by atoms with Gasteiger partial charge in [-0.15, -0.1) is 0 Å². The van der Waals surface area contributed by atoms with E-state index in [4.69, 9.17) is 9.47 Å². The third-order valence-corrected chi connectivity index (χ3v) is 5.03. The summed E-state index contributed by atoms with van der Waals surface area (Å²) in [5.41, 5.74) is 4.96. The van der Waals surface area contributed by atoms with Gasteiger partial charge in [0, 0.05) is 31.5 Å². The van der Waals surface area contributed by atoms with Crippen LogP contribution >= 0.6 is 0 Å². The fourth-order valence-electron chi connectivity index (χ4n) is 3.57. The van der Waals surface area contributed by atoms with Crippen LogP contribution in [0.3, 0.4) is 0 Å². The molecule has 3 heterocycles. The molecular weight excluding hydrogens is 356 g/mol. The Hall–Kier alpha value is -3.03. The summed E-state index contributed by atoms with van der Waals surface area (Å²) < 4.78 is 10.7. The van der Waals surface area contributed by atoms with Crippen LogP contribution in [0.15, 0.2) is 48.7 Å². The van der Waals surface area contributed by atoms with Crippen LogP contribution in [-0.2, 0) is 9.47 Å². The molecule has 0 radical (unpaired) electrons. The van der Waals surface area contributed by atoms with E-state index in [0.717, 1.165) is 28.1 Å². The summed E-state index contributed by atoms with van der Waals surface area (Å²) in [7, 11) is 3.12. The molecule has 1 aliphatic rings. The number of carbonyl (C=O) groups is 1. The van der Waals surface area contributed by atoms with Gasteiger partial charge in [0.15, 0.2) is 6.29 Å². The number of pyridine rings is 1. The maximum atomic E-state index is 13.2. The van der Waals surface area contributed by atoms with Gasteiger partial charge in [0.2, 0.25) is 0 Å². The monoisotopic (exact) mass is 378 g/mol. The number of H-pyrrole nitrogens is 1. The molecule has 1 atom stereocenters. The van der Waals surface area contributed by atoms with Crippen molar-refractivity contribution in [2.24, 2.45) is 0 Å². The van der Waals surface area contributed by atoms with Gasteiger partial charge in [-0.1, -0.05) is 35.9 Å². The number of rotatable bonds is 6. The van der Waals surface area contributed by atoms with Crippen LogP contribution in [-0.4, -0.2) is 53.0 Å². The average Bonchev–Trinajstić information content (AvgIpc) is 3.26. The smallest absolute Gasteiger partial charge is 0.273 e. The molecule has 2 aromatic heterocycles. The van der Waals surface area contributed by atoms with E-state index in [1.165, 1.54) is 0 Å². The van der Waals surface area contributed by atoms with Crippen molar-refractivity contribution in [3.63, 3.8) is 0 Å². The Morgan fingerprint density at radius 3 is 2.54 bits per heavy atom. The van der Waals surface area contributed by atoms with Crippen LogP contribution in [0, 0.1) is 6.92 Å². The first kappa shape index (κ1) is 18.3. The second kappa shape index (κ2) is 7.53. The molecule has 144 valence electrons. The van der Waals surface area contributed by atoms with E-state index < -0.39 is 6.29 Å². The second-order valence-corrected chi connectivity index (χ2v) is 6.74. The summed E-state index contributed by atoms with van der Waals surface area (Å²) in [5.74, 6) is -0.143. The number of hydrogen-bond donors (Lipinski definition) is 1. The minimum absolute atomic E-state index is 0.143. The molecule has 7 heteroatoms. The lowest BCUT2D eigenvalue weighted by Crippen LogP contribution is -2.38. The Kier molecular flexibility index (Phi) is 4.93. The summed E-state index contributed by atoms with van der Waals surface area (Å²) in [6.07, 6.45) is 1.20. The molecule has 0 fully saturated rings. The largest absolute Gasteiger partial charge is 0.354 e. The molecule has 1 amide bonds. The van der Waals surface area contributed by atoms with Gasteiger partial charge in [-0.3, -0.25) is 14.9 Å². The SMILES string of the molecule is COC(CN1C(=O)c2[nH]nc(-c3ccc(C)cc3)c2C1c1ccccn1)OC. The summed E-state index contributed by atoms with van der Waals surface area (Å²) in [4.78, 5) is 19.4. The average molecular weight is 378 g/mol. The first-order valence-corrected chi connectivity index (χ1v) is 9.06. The van der Waals surface area contributed by atoms with Crippen LogP contribution in [0.1, 0.15) is 33.4 Å². The van der Waals surface area contributed by atoms with E-state index in [-0.39, 0.29) is 18.5 Å². The molecular formula is C21H22N4O3. The number of aromatic nitrogens is 3. The molecule has 0 saturated heterocycles. The maximum Gasteiger partial charge on any atom is 0.273 e. The lowest BCUT2D eigenvalue weighted by Gasteiger charge is -2.28. The van der Waals surface area contributed by atoms with Gasteiger partial charge in [-0.25, -0.2) is 0 Å². The van der Waals surface area contributed by atoms with Gasteiger partial charge in [0.1, 0.15) is 11.7 Å². The third kappa shape index (κ3) is 3.08. The zero-order valence-electron chi connectivity index (χ0n) is 16.0. The summed E-state index contributed by atoms with van der Waals surface area (Å²) in [6.45, 7) is 2.32. The highest BCUT2D eigenvalue weighted by Crippen LogP contribution is 2.42. The summed E-state index contributed by atoms with van der Waals surface area (Å²) >= 11 is 0. The first-order chi connectivity index (χ1) is 13.6. The van der Waals surface area contributed by atoms with Crippen molar-refractivity contribution in [2.45, 2.75) is 19.3 Å². The number of aromatic amines is 1. The number of fused-ring (bicyclic) bond motifs is 1. The molecule has 1 N–H and O–H groups in total. The molecule has 28 heavy (non-hydrogen) atoms. The number of nitrogens with zero attached hydrogens (tertiary/aromatic N) is 3. The fourth-order valence-corrected chi connectivity index (χ4v) is 3.57. The van der Waals surface area contributed by atoms with E-state index in [0.29, 0.717) is 5.69 Å². The predicted octanol–water partition coefficient (Wildman–Crippen LogP) is 2.94. The number of hydrogen-bond acceptors (Lipinski definition) is 5. The number of ether oxygens (including phenoxy) is 2. The standard InChI is InChI=1S/C21H22N4O3/c1-13-7-9-14(10-8-13)18-17-19(24-23-18)21(26)25(12-16(27-2)28-3)20(17)15-6-4-5-11-22-15/h4-11,16,20H,12H2,1-3H3,(H,23,24). The van der Waals surface area contributed by atoms with Gasteiger partial charge >= 0.3 is 0 Å². The Morgan fingerprint density at radius 1 is 1.14 bits per heavy atom. The lowest BCUT2D eigenvalue weighted by atomic mass is 9.98. The molecule has 1 unspecified atom stereocenters. The number of methoxy groups -OCH3 is 2. The van der Waals surface area contributed by atoms with Crippen LogP contribution in [0.4, 0.5) is 0 Å². The predicted molar refractivity (Wildman–Crippen MR) is 104 cm³/mol. The Labute approximate surface area is 163 Å². The second-order valence-electron chi connectivity index (χ2n) is 6.74. The van der Waals surface area contributed by atoms with E-state index in [1.807, 2.05) is 49.4 Å². The van der Waals surface area contributed by atoms with Crippen molar-refractivity contribution in [1.29, 1.82) is 0 Å². The molecule has 0 bridgehead atoms. The van der Waals surface area contributed by atoms with Crippen molar-refractivity contribution in [2.75, 3.05) is 20.8 Å². The van der Waals surface area contributed by atoms with E-state index >= 15 is 0 Å². The fraction of sp³-hybridized carbons (Fsp3) is 0.286. The lowest BCUT2D eigenvalue weighted by molar-refractivity contribution is -0.113. The van der Waals surface area contributed by atoms with Gasteiger partial charge in [-0.2, -0.15) is 5.10 Å². The van der Waals surface area contributed by atoms with Gasteiger partial charge in [0.25, 0.3) is 5.91 Å². The molecule has 0 spiro atoms. The highest BCUT2D eigenvalue weighted by atomic mass is 16.7. The summed E-state index contributed by atoms with van der Waals surface area (Å²) in [6, 6.07) is 13.4. The van der Waals surface area contributed by atoms with Crippen LogP contribution in [0.2, 0.25) is 0 Å². The topological polar surface area (TPSA) is 80.3 Å². The minimum atomic E-state index is -0.532. The highest BCUT2D eigenvalue weighted by Gasteiger charge is 2.43. The number of benzene rings is 1. The molecule has 1 aliphatic heterocycles. The molecule has 4 rings (SSSR count). The molecule has 0 saturated carbocycles. The molecule has 1 aromatic carbocycles. The van der Waals surface area contributed by atoms with Crippen molar-refractivity contribution in [3.8, 4) is 11.3 Å². The van der Waals surface area contributed by atoms with Crippen molar-refractivity contribution in [1.82, 2.24) is 20.1 Å². The number of amides is 1. The van der Waals surface area contributed by atoms with E-state index in [9.17, 15) is 4.79 Å². The maximum absolute atomic E-state index is 13.2. The summed E-state index contributed by atoms with van der Waals surface area (Å²) in [5, 5.41) is 7.39. The number of aryl methyl sites for hydroxylation is 1. The third-order valence-electron chi connectivity index (χ3n) is 5.03. The van der Waals surface area contributed by atoms with Gasteiger partial charge in [0.05, 0.1) is 17.9 Å². The zero-order chi connectivity index (χ0) is 19.7. The van der Waals surface area contributed by atoms with Gasteiger partial charge in [-0.05, 0) is 19.1 Å². The Balaban J connectivity index is 1.83. The van der Waals surface area contributed by atoms with E-state index in [2.05, 4.69) is 15.2 Å².